The number of benzene rings is 4. The maximum atomic E-state index is 13.2. The Morgan fingerprint density at radius 3 is 1.84 bits per heavy atom. The van der Waals surface area contributed by atoms with Gasteiger partial charge in [0.2, 0.25) is 0 Å². The zero-order chi connectivity index (χ0) is 27.1. The third-order valence-corrected chi connectivity index (χ3v) is 8.50. The van der Waals surface area contributed by atoms with Gasteiger partial charge in [-0.05, 0) is 87.2 Å². The van der Waals surface area contributed by atoms with Gasteiger partial charge in [0.1, 0.15) is 17.2 Å². The predicted octanol–water partition coefficient (Wildman–Crippen LogP) is 8.18. The summed E-state index contributed by atoms with van der Waals surface area (Å²) in [5, 5.41) is 0. The van der Waals surface area contributed by atoms with Gasteiger partial charge in [-0.15, -0.1) is 0 Å². The number of ether oxygens (including phenoxy) is 2. The number of halogens is 1. The maximum Gasteiger partial charge on any atom is 0.306 e. The van der Waals surface area contributed by atoms with Crippen LogP contribution in [0.1, 0.15) is 43.4 Å². The van der Waals surface area contributed by atoms with Crippen LogP contribution in [0.5, 0.6) is 5.75 Å². The lowest BCUT2D eigenvalue weighted by molar-refractivity contribution is -0.157. The second kappa shape index (κ2) is 12.3. The molecule has 0 radical (unpaired) electrons. The fourth-order valence-corrected chi connectivity index (χ4v) is 6.68. The van der Waals surface area contributed by atoms with Crippen LogP contribution < -0.4 is 4.74 Å². The molecular formula is C33H34FO3S+. The molecule has 5 heteroatoms. The Morgan fingerprint density at radius 2 is 1.32 bits per heavy atom. The van der Waals surface area contributed by atoms with Gasteiger partial charge >= 0.3 is 5.97 Å². The molecule has 0 atom stereocenters. The van der Waals surface area contributed by atoms with Crippen LogP contribution in [-0.4, -0.2) is 12.6 Å². The summed E-state index contributed by atoms with van der Waals surface area (Å²) in [6.07, 6.45) is 0.781. The Kier molecular flexibility index (Phi) is 8.90. The predicted molar refractivity (Wildman–Crippen MR) is 151 cm³/mol. The average molecular weight is 530 g/mol. The molecule has 4 rings (SSSR count). The molecule has 0 fully saturated rings. The van der Waals surface area contributed by atoms with E-state index in [4.69, 9.17) is 9.47 Å². The smallest absolute Gasteiger partial charge is 0.306 e. The minimum Gasteiger partial charge on any atom is -0.493 e. The molecule has 0 saturated carbocycles. The van der Waals surface area contributed by atoms with Gasteiger partial charge in [0, 0.05) is 18.6 Å². The first-order chi connectivity index (χ1) is 18.2. The first kappa shape index (κ1) is 27.5. The SMILES string of the molecule is Cc1cc([S+](c2ccccc2)c2ccccc2)cc(C)c1OCCCC(=O)OC(C)(C)c1ccc(F)cc1. The highest BCUT2D eigenvalue weighted by Gasteiger charge is 2.30. The molecule has 0 aliphatic heterocycles. The molecular weight excluding hydrogens is 495 g/mol. The molecule has 0 saturated heterocycles. The summed E-state index contributed by atoms with van der Waals surface area (Å²) in [7, 11) is -0.222. The van der Waals surface area contributed by atoms with Crippen LogP contribution in [0.15, 0.2) is 112 Å². The van der Waals surface area contributed by atoms with Crippen molar-refractivity contribution >= 4 is 16.9 Å². The van der Waals surface area contributed by atoms with E-state index in [0.717, 1.165) is 22.4 Å². The number of carbonyl (C=O) groups is 1. The molecule has 0 aliphatic rings. The Hall–Kier alpha value is -3.57. The second-order valence-electron chi connectivity index (χ2n) is 9.76. The van der Waals surface area contributed by atoms with Crippen molar-refractivity contribution in [1.82, 2.24) is 0 Å². The van der Waals surface area contributed by atoms with Crippen LogP contribution in [0.4, 0.5) is 4.39 Å². The average Bonchev–Trinajstić information content (AvgIpc) is 2.89. The van der Waals surface area contributed by atoms with Gasteiger partial charge < -0.3 is 9.47 Å². The van der Waals surface area contributed by atoms with Crippen LogP contribution in [0.2, 0.25) is 0 Å². The molecule has 0 spiro atoms. The van der Waals surface area contributed by atoms with E-state index in [1.165, 1.54) is 26.8 Å². The normalized spacial score (nSPS) is 11.4. The first-order valence-corrected chi connectivity index (χ1v) is 14.0. The molecule has 4 aromatic carbocycles. The Balaban J connectivity index is 1.40. The number of hydrogen-bond acceptors (Lipinski definition) is 3. The quantitative estimate of drug-likeness (QED) is 0.118. The second-order valence-corrected chi connectivity index (χ2v) is 11.8. The third-order valence-electron chi connectivity index (χ3n) is 6.31. The molecule has 0 aromatic heterocycles. The van der Waals surface area contributed by atoms with E-state index in [9.17, 15) is 9.18 Å². The van der Waals surface area contributed by atoms with Gasteiger partial charge in [0.05, 0.1) is 17.5 Å². The standard InChI is InChI=1S/C33H34FO3S/c1-24-22-30(38(28-12-7-5-8-13-28)29-14-9-6-10-15-29)23-25(2)32(24)36-21-11-16-31(35)37-33(3,4)26-17-19-27(34)20-18-26/h5-10,12-15,17-20,22-23H,11,16,21H2,1-4H3/q+1. The molecule has 0 unspecified atom stereocenters. The van der Waals surface area contributed by atoms with E-state index in [1.54, 1.807) is 12.1 Å². The van der Waals surface area contributed by atoms with E-state index >= 15 is 0 Å². The van der Waals surface area contributed by atoms with Crippen LogP contribution >= 0.6 is 0 Å². The lowest BCUT2D eigenvalue weighted by Crippen LogP contribution is -2.25. The van der Waals surface area contributed by atoms with E-state index in [-0.39, 0.29) is 29.1 Å². The number of aryl methyl sites for hydroxylation is 2. The summed E-state index contributed by atoms with van der Waals surface area (Å²) in [5.41, 5.74) is 2.07. The number of rotatable bonds is 10. The lowest BCUT2D eigenvalue weighted by atomic mass is 9.98. The van der Waals surface area contributed by atoms with Gasteiger partial charge in [-0.25, -0.2) is 4.39 Å². The molecule has 0 aliphatic carbocycles. The van der Waals surface area contributed by atoms with Crippen molar-refractivity contribution in [2.45, 2.75) is 60.8 Å². The third kappa shape index (κ3) is 6.84. The van der Waals surface area contributed by atoms with Gasteiger partial charge in [-0.1, -0.05) is 48.5 Å². The van der Waals surface area contributed by atoms with Crippen LogP contribution in [0.3, 0.4) is 0 Å². The monoisotopic (exact) mass is 529 g/mol. The summed E-state index contributed by atoms with van der Waals surface area (Å²) in [6.45, 7) is 8.17. The van der Waals surface area contributed by atoms with Gasteiger partial charge in [-0.2, -0.15) is 0 Å². The first-order valence-electron chi connectivity index (χ1n) is 12.8. The highest BCUT2D eigenvalue weighted by Crippen LogP contribution is 2.35. The minimum atomic E-state index is -0.830. The topological polar surface area (TPSA) is 35.5 Å². The van der Waals surface area contributed by atoms with Crippen molar-refractivity contribution < 1.29 is 18.7 Å². The summed E-state index contributed by atoms with van der Waals surface area (Å²) in [5.74, 6) is 0.239. The number of esters is 1. The molecule has 0 N–H and O–H groups in total. The number of hydrogen-bond donors (Lipinski definition) is 0. The van der Waals surface area contributed by atoms with Crippen molar-refractivity contribution in [2.24, 2.45) is 0 Å². The van der Waals surface area contributed by atoms with E-state index < -0.39 is 5.60 Å². The molecule has 0 heterocycles. The Labute approximate surface area is 228 Å². The highest BCUT2D eigenvalue weighted by atomic mass is 32.2. The highest BCUT2D eigenvalue weighted by molar-refractivity contribution is 7.97. The van der Waals surface area contributed by atoms with Crippen molar-refractivity contribution in [3.63, 3.8) is 0 Å². The van der Waals surface area contributed by atoms with Crippen LogP contribution in [0.25, 0.3) is 0 Å². The molecule has 0 amide bonds. The molecule has 196 valence electrons. The van der Waals surface area contributed by atoms with E-state index in [1.807, 2.05) is 26.0 Å². The Bertz CT molecular complexity index is 1290. The zero-order valence-electron chi connectivity index (χ0n) is 22.4. The zero-order valence-corrected chi connectivity index (χ0v) is 23.2. The largest absolute Gasteiger partial charge is 0.493 e. The van der Waals surface area contributed by atoms with Gasteiger partial charge in [0.15, 0.2) is 14.7 Å². The van der Waals surface area contributed by atoms with Gasteiger partial charge in [0.25, 0.3) is 0 Å². The summed E-state index contributed by atoms with van der Waals surface area (Å²) in [6, 6.07) is 31.6. The van der Waals surface area contributed by atoms with Crippen molar-refractivity contribution in [3.8, 4) is 5.75 Å². The molecule has 4 aromatic rings. The van der Waals surface area contributed by atoms with Crippen molar-refractivity contribution in [3.05, 3.63) is 120 Å². The van der Waals surface area contributed by atoms with Gasteiger partial charge in [-0.3, -0.25) is 4.79 Å². The molecule has 0 bridgehead atoms. The van der Waals surface area contributed by atoms with Crippen molar-refractivity contribution in [2.75, 3.05) is 6.61 Å². The Morgan fingerprint density at radius 1 is 0.789 bits per heavy atom. The summed E-state index contributed by atoms with van der Waals surface area (Å²) >= 11 is 0. The van der Waals surface area contributed by atoms with Crippen LogP contribution in [0, 0.1) is 19.7 Å². The minimum absolute atomic E-state index is 0.222. The van der Waals surface area contributed by atoms with E-state index in [0.29, 0.717) is 13.0 Å². The summed E-state index contributed by atoms with van der Waals surface area (Å²) in [4.78, 5) is 16.3. The molecule has 38 heavy (non-hydrogen) atoms. The van der Waals surface area contributed by atoms with Crippen LogP contribution in [-0.2, 0) is 26.0 Å². The number of carbonyl (C=O) groups excluding carboxylic acids is 1. The fraction of sp³-hybridized carbons (Fsp3) is 0.242. The lowest BCUT2D eigenvalue weighted by Gasteiger charge is -2.25. The maximum absolute atomic E-state index is 13.2. The van der Waals surface area contributed by atoms with E-state index in [2.05, 4.69) is 74.5 Å². The summed E-state index contributed by atoms with van der Waals surface area (Å²) < 4.78 is 25.1. The fourth-order valence-electron chi connectivity index (χ4n) is 4.41. The molecule has 3 nitrogen and oxygen atoms in total. The van der Waals surface area contributed by atoms with Crippen molar-refractivity contribution in [1.29, 1.82) is 0 Å².